The van der Waals surface area contributed by atoms with Gasteiger partial charge in [-0.15, -0.1) is 0 Å². The normalized spacial score (nSPS) is 22.5. The maximum atomic E-state index is 13.8. The summed E-state index contributed by atoms with van der Waals surface area (Å²) >= 11 is 0. The molecule has 2 aliphatic rings. The molecule has 0 saturated carbocycles. The topological polar surface area (TPSA) is 70.1 Å². The predicted octanol–water partition coefficient (Wildman–Crippen LogP) is 4.37. The van der Waals surface area contributed by atoms with Gasteiger partial charge in [0.15, 0.2) is 6.10 Å². The van der Waals surface area contributed by atoms with Crippen molar-refractivity contribution in [2.75, 3.05) is 9.96 Å². The number of imide groups is 1. The summed E-state index contributed by atoms with van der Waals surface area (Å²) in [6.07, 6.45) is -0.915. The van der Waals surface area contributed by atoms with Crippen molar-refractivity contribution >= 4 is 23.2 Å². The molecule has 3 aromatic carbocycles. The van der Waals surface area contributed by atoms with Crippen LogP contribution in [0.4, 0.5) is 11.4 Å². The number of carbonyl (C=O) groups excluding carboxylic acids is 2. The number of phenols is 1. The van der Waals surface area contributed by atoms with Crippen LogP contribution >= 0.6 is 0 Å². The summed E-state index contributed by atoms with van der Waals surface area (Å²) in [5.41, 5.74) is 5.03. The number of carbonyl (C=O) groups is 2. The Balaban J connectivity index is 1.61. The molecule has 2 heterocycles. The van der Waals surface area contributed by atoms with Crippen molar-refractivity contribution in [1.29, 1.82) is 0 Å². The van der Waals surface area contributed by atoms with E-state index < -0.39 is 18.1 Å². The van der Waals surface area contributed by atoms with Crippen molar-refractivity contribution in [3.8, 4) is 5.75 Å². The molecule has 3 atom stereocenters. The van der Waals surface area contributed by atoms with Gasteiger partial charge in [-0.25, -0.2) is 9.96 Å². The number of anilines is 2. The number of benzene rings is 3. The lowest BCUT2D eigenvalue weighted by molar-refractivity contribution is -0.126. The fraction of sp³-hybridized carbons (Fsp3) is 0.231. The highest BCUT2D eigenvalue weighted by Crippen LogP contribution is 2.48. The van der Waals surface area contributed by atoms with Crippen molar-refractivity contribution < 1.29 is 19.5 Å². The molecule has 5 rings (SSSR count). The molecular weight excluding hydrogens is 404 g/mol. The Morgan fingerprint density at radius 2 is 1.47 bits per heavy atom. The van der Waals surface area contributed by atoms with Gasteiger partial charge in [0.25, 0.3) is 5.91 Å². The Kier molecular flexibility index (Phi) is 4.75. The summed E-state index contributed by atoms with van der Waals surface area (Å²) in [6, 6.07) is 19.6. The van der Waals surface area contributed by atoms with Gasteiger partial charge < -0.3 is 5.11 Å². The third kappa shape index (κ3) is 3.07. The van der Waals surface area contributed by atoms with E-state index in [0.29, 0.717) is 5.69 Å². The zero-order valence-corrected chi connectivity index (χ0v) is 18.1. The first-order chi connectivity index (χ1) is 15.4. The second-order valence-electron chi connectivity index (χ2n) is 8.51. The highest BCUT2D eigenvalue weighted by molar-refractivity contribution is 6.24. The van der Waals surface area contributed by atoms with E-state index in [1.165, 1.54) is 4.90 Å². The van der Waals surface area contributed by atoms with E-state index in [1.807, 2.05) is 63.2 Å². The third-order valence-corrected chi connectivity index (χ3v) is 6.22. The van der Waals surface area contributed by atoms with Crippen LogP contribution in [0.25, 0.3) is 0 Å². The van der Waals surface area contributed by atoms with E-state index >= 15 is 0 Å². The van der Waals surface area contributed by atoms with E-state index in [4.69, 9.17) is 4.84 Å². The monoisotopic (exact) mass is 428 g/mol. The maximum Gasteiger partial charge on any atom is 0.266 e. The molecule has 0 unspecified atom stereocenters. The first kappa shape index (κ1) is 20.3. The van der Waals surface area contributed by atoms with Gasteiger partial charge in [0.05, 0.1) is 17.4 Å². The second-order valence-corrected chi connectivity index (χ2v) is 8.51. The average molecular weight is 428 g/mol. The van der Waals surface area contributed by atoms with Gasteiger partial charge in [-0.1, -0.05) is 48.0 Å². The summed E-state index contributed by atoms with van der Waals surface area (Å²) in [6.45, 7) is 5.82. The highest BCUT2D eigenvalue weighted by atomic mass is 16.7. The molecule has 162 valence electrons. The van der Waals surface area contributed by atoms with Gasteiger partial charge in [0, 0.05) is 0 Å². The molecule has 1 N–H and O–H groups in total. The van der Waals surface area contributed by atoms with Gasteiger partial charge in [0.1, 0.15) is 11.7 Å². The molecule has 0 radical (unpaired) electrons. The molecule has 0 bridgehead atoms. The second kappa shape index (κ2) is 7.50. The largest absolute Gasteiger partial charge is 0.508 e. The molecule has 2 fully saturated rings. The van der Waals surface area contributed by atoms with Gasteiger partial charge in [-0.05, 0) is 61.7 Å². The van der Waals surface area contributed by atoms with Crippen LogP contribution in [0.1, 0.15) is 28.3 Å². The molecule has 0 aliphatic carbocycles. The first-order valence-electron chi connectivity index (χ1n) is 10.6. The van der Waals surface area contributed by atoms with Gasteiger partial charge in [-0.2, -0.15) is 0 Å². The fourth-order valence-corrected chi connectivity index (χ4v) is 4.97. The number of hydroxylamine groups is 1. The number of hydrogen-bond acceptors (Lipinski definition) is 5. The molecule has 0 aromatic heterocycles. The Hall–Kier alpha value is -3.64. The van der Waals surface area contributed by atoms with Crippen molar-refractivity contribution in [2.45, 2.75) is 32.9 Å². The van der Waals surface area contributed by atoms with Gasteiger partial charge in [-0.3, -0.25) is 14.4 Å². The van der Waals surface area contributed by atoms with Crippen molar-refractivity contribution in [3.63, 3.8) is 0 Å². The Morgan fingerprint density at radius 3 is 2.09 bits per heavy atom. The van der Waals surface area contributed by atoms with Gasteiger partial charge in [0.2, 0.25) is 5.91 Å². The summed E-state index contributed by atoms with van der Waals surface area (Å²) in [5, 5.41) is 11.4. The van der Waals surface area contributed by atoms with E-state index in [2.05, 4.69) is 0 Å². The number of hydrogen-bond donors (Lipinski definition) is 1. The van der Waals surface area contributed by atoms with E-state index in [9.17, 15) is 14.7 Å². The molecule has 6 nitrogen and oxygen atoms in total. The van der Waals surface area contributed by atoms with Crippen LogP contribution in [-0.2, 0) is 14.4 Å². The zero-order valence-electron chi connectivity index (χ0n) is 18.1. The molecule has 2 saturated heterocycles. The smallest absolute Gasteiger partial charge is 0.266 e. The summed E-state index contributed by atoms with van der Waals surface area (Å²) < 4.78 is 0. The van der Waals surface area contributed by atoms with Crippen molar-refractivity contribution in [3.05, 3.63) is 89.0 Å². The summed E-state index contributed by atoms with van der Waals surface area (Å²) in [7, 11) is 0. The minimum atomic E-state index is -0.915. The highest BCUT2D eigenvalue weighted by Gasteiger charge is 2.60. The number of aromatic hydroxyl groups is 1. The lowest BCUT2D eigenvalue weighted by atomic mass is 9.90. The Morgan fingerprint density at radius 1 is 0.844 bits per heavy atom. The number of amides is 2. The number of para-hydroxylation sites is 1. The van der Waals surface area contributed by atoms with E-state index in [1.54, 1.807) is 29.3 Å². The fourth-order valence-electron chi connectivity index (χ4n) is 4.97. The molecule has 6 heteroatoms. The average Bonchev–Trinajstić information content (AvgIpc) is 3.26. The van der Waals surface area contributed by atoms with Crippen LogP contribution < -0.4 is 9.96 Å². The quantitative estimate of drug-likeness (QED) is 0.628. The van der Waals surface area contributed by atoms with Crippen LogP contribution in [0.3, 0.4) is 0 Å². The van der Waals surface area contributed by atoms with Crippen LogP contribution in [-0.4, -0.2) is 23.0 Å². The number of phenolic OH excluding ortho intramolecular Hbond substituents is 1. The predicted molar refractivity (Wildman–Crippen MR) is 121 cm³/mol. The zero-order chi connectivity index (χ0) is 22.6. The summed E-state index contributed by atoms with van der Waals surface area (Å²) in [4.78, 5) is 34.7. The lowest BCUT2D eigenvalue weighted by Gasteiger charge is -2.29. The van der Waals surface area contributed by atoms with Crippen LogP contribution in [0.2, 0.25) is 0 Å². The molecule has 0 spiro atoms. The van der Waals surface area contributed by atoms with E-state index in [-0.39, 0.29) is 17.6 Å². The molecule has 3 aromatic rings. The number of nitrogens with zero attached hydrogens (tertiary/aromatic N) is 2. The van der Waals surface area contributed by atoms with Crippen molar-refractivity contribution in [2.24, 2.45) is 5.92 Å². The Labute approximate surface area is 186 Å². The number of rotatable bonds is 3. The van der Waals surface area contributed by atoms with Crippen molar-refractivity contribution in [1.82, 2.24) is 0 Å². The SMILES string of the molecule is Cc1cc(C)c(N2C(=O)[C@H]3[C@@H](ON(c4ccccc4)[C@H]3c3ccc(O)cc3)C2=O)c(C)c1. The number of fused-ring (bicyclic) bond motifs is 1. The van der Waals surface area contributed by atoms with E-state index in [0.717, 1.165) is 27.9 Å². The number of aryl methyl sites for hydroxylation is 3. The van der Waals surface area contributed by atoms with Crippen LogP contribution in [0.15, 0.2) is 66.7 Å². The Bertz CT molecular complexity index is 1180. The van der Waals surface area contributed by atoms with Crippen LogP contribution in [0, 0.1) is 26.7 Å². The third-order valence-electron chi connectivity index (χ3n) is 6.22. The summed E-state index contributed by atoms with van der Waals surface area (Å²) in [5.74, 6) is -1.19. The van der Waals surface area contributed by atoms with Crippen LogP contribution in [0.5, 0.6) is 5.75 Å². The molecule has 2 aliphatic heterocycles. The molecule has 2 amide bonds. The minimum absolute atomic E-state index is 0.136. The minimum Gasteiger partial charge on any atom is -0.508 e. The lowest BCUT2D eigenvalue weighted by Crippen LogP contribution is -2.38. The molecule has 32 heavy (non-hydrogen) atoms. The first-order valence-corrected chi connectivity index (χ1v) is 10.6. The standard InChI is InChI=1S/C26H24N2O4/c1-15-13-16(2)22(17(3)14-15)27-25(30)21-23(18-9-11-20(29)12-10-18)28(32-24(21)26(27)31)19-7-5-4-6-8-19/h4-14,21,23-24,29H,1-3H3/t21-,23+,24-/m1/s1. The molecular formula is C26H24N2O4. The maximum absolute atomic E-state index is 13.8. The van der Waals surface area contributed by atoms with Gasteiger partial charge >= 0.3 is 0 Å².